The predicted octanol–water partition coefficient (Wildman–Crippen LogP) is 6.23. The Kier molecular flexibility index (Phi) is 11.5. The number of aliphatic hydroxyl groups is 1. The van der Waals surface area contributed by atoms with E-state index in [1.165, 1.54) is 19.2 Å². The van der Waals surface area contributed by atoms with E-state index in [0.29, 0.717) is 47.3 Å². The Morgan fingerprint density at radius 2 is 1.78 bits per heavy atom. The molecule has 0 saturated heterocycles. The van der Waals surface area contributed by atoms with Crippen LogP contribution in [0.4, 0.5) is 10.5 Å². The molecule has 0 fully saturated rings. The summed E-state index contributed by atoms with van der Waals surface area (Å²) in [6, 6.07) is 24.5. The molecule has 1 unspecified atom stereocenters. The lowest BCUT2D eigenvalue weighted by Crippen LogP contribution is -2.25. The van der Waals surface area contributed by atoms with Crippen molar-refractivity contribution in [2.75, 3.05) is 25.5 Å². The standard InChI is InChI=1S/C37H37ClN4O7/c1-49-33-19-28(29(38)18-24(33)20-39-21-32(44)26-12-14-31(43)35-27(26)13-15-34(45)42-35)36(46)40-16-6-5-7-22-10-11-25(23-8-3-2-4-9-23)30(17-22)41-37(47)48/h2-4,8-15,17-19,32,39,41,43-44H,5-7,16,20-21H2,1H3,(H,40,46)(H,42,45)(H,47,48). The number of carbonyl (C=O) groups excluding carboxylic acids is 1. The summed E-state index contributed by atoms with van der Waals surface area (Å²) in [5.74, 6) is 0.0282. The number of anilines is 1. The van der Waals surface area contributed by atoms with Crippen molar-refractivity contribution in [1.82, 2.24) is 15.6 Å². The van der Waals surface area contributed by atoms with Crippen LogP contribution < -0.4 is 26.2 Å². The number of carbonyl (C=O) groups is 2. The molecular formula is C37H37ClN4O7. The van der Waals surface area contributed by atoms with Crippen molar-refractivity contribution < 1.29 is 29.6 Å². The molecule has 1 aromatic heterocycles. The zero-order chi connectivity index (χ0) is 34.9. The van der Waals surface area contributed by atoms with Crippen molar-refractivity contribution >= 4 is 40.2 Å². The number of carboxylic acid groups (broad SMARTS) is 1. The first kappa shape index (κ1) is 35.0. The van der Waals surface area contributed by atoms with Crippen LogP contribution in [0.25, 0.3) is 22.0 Å². The van der Waals surface area contributed by atoms with Crippen LogP contribution in [0.1, 0.15) is 46.0 Å². The number of aromatic hydroxyl groups is 1. The van der Waals surface area contributed by atoms with E-state index in [-0.39, 0.29) is 46.4 Å². The number of halogens is 1. The van der Waals surface area contributed by atoms with Crippen LogP contribution in [0.2, 0.25) is 5.02 Å². The highest BCUT2D eigenvalue weighted by Gasteiger charge is 2.17. The number of unbranched alkanes of at least 4 members (excludes halogenated alkanes) is 1. The molecule has 254 valence electrons. The highest BCUT2D eigenvalue weighted by Crippen LogP contribution is 2.31. The van der Waals surface area contributed by atoms with E-state index in [1.807, 2.05) is 48.5 Å². The fourth-order valence-corrected chi connectivity index (χ4v) is 5.96. The minimum Gasteiger partial charge on any atom is -0.506 e. The van der Waals surface area contributed by atoms with Gasteiger partial charge in [-0.3, -0.25) is 14.9 Å². The van der Waals surface area contributed by atoms with Crippen LogP contribution in [0.15, 0.2) is 89.7 Å². The average Bonchev–Trinajstić information content (AvgIpc) is 3.08. The maximum Gasteiger partial charge on any atom is 0.409 e. The summed E-state index contributed by atoms with van der Waals surface area (Å²) in [4.78, 5) is 38.7. The third-order valence-electron chi connectivity index (χ3n) is 8.12. The molecule has 0 radical (unpaired) electrons. The molecule has 0 aliphatic rings. The van der Waals surface area contributed by atoms with Gasteiger partial charge in [-0.25, -0.2) is 4.79 Å². The second kappa shape index (κ2) is 16.2. The fourth-order valence-electron chi connectivity index (χ4n) is 5.69. The van der Waals surface area contributed by atoms with Gasteiger partial charge < -0.3 is 35.7 Å². The largest absolute Gasteiger partial charge is 0.506 e. The van der Waals surface area contributed by atoms with Crippen LogP contribution in [0, 0.1) is 0 Å². The Morgan fingerprint density at radius 3 is 2.53 bits per heavy atom. The lowest BCUT2D eigenvalue weighted by Gasteiger charge is -2.17. The molecule has 4 aromatic carbocycles. The molecular weight excluding hydrogens is 648 g/mol. The van der Waals surface area contributed by atoms with E-state index >= 15 is 0 Å². The van der Waals surface area contributed by atoms with Gasteiger partial charge in [-0.1, -0.05) is 60.1 Å². The molecule has 49 heavy (non-hydrogen) atoms. The Hall–Kier alpha value is -5.36. The minimum absolute atomic E-state index is 0.0871. The molecule has 12 heteroatoms. The number of phenols is 1. The van der Waals surface area contributed by atoms with Gasteiger partial charge in [0.2, 0.25) is 5.56 Å². The van der Waals surface area contributed by atoms with Gasteiger partial charge in [0.15, 0.2) is 0 Å². The monoisotopic (exact) mass is 684 g/mol. The number of pyridine rings is 1. The maximum atomic E-state index is 13.0. The zero-order valence-electron chi connectivity index (χ0n) is 26.8. The van der Waals surface area contributed by atoms with Gasteiger partial charge in [-0.05, 0) is 66.3 Å². The number of hydrogen-bond acceptors (Lipinski definition) is 7. The van der Waals surface area contributed by atoms with Gasteiger partial charge in [-0.15, -0.1) is 0 Å². The molecule has 1 heterocycles. The number of phenolic OH excluding ortho intramolecular Hbond substituents is 1. The topological polar surface area (TPSA) is 173 Å². The molecule has 0 aliphatic heterocycles. The van der Waals surface area contributed by atoms with Crippen LogP contribution in [0.5, 0.6) is 11.5 Å². The maximum absolute atomic E-state index is 13.0. The molecule has 1 atom stereocenters. The van der Waals surface area contributed by atoms with E-state index in [0.717, 1.165) is 23.1 Å². The summed E-state index contributed by atoms with van der Waals surface area (Å²) < 4.78 is 5.53. The van der Waals surface area contributed by atoms with Crippen molar-refractivity contribution in [3.8, 4) is 22.6 Å². The van der Waals surface area contributed by atoms with Crippen molar-refractivity contribution in [3.05, 3.63) is 123 Å². The minimum atomic E-state index is -1.13. The molecule has 5 rings (SSSR count). The quantitative estimate of drug-likeness (QED) is 0.0675. The normalized spacial score (nSPS) is 11.7. The second-order valence-electron chi connectivity index (χ2n) is 11.5. The van der Waals surface area contributed by atoms with E-state index < -0.39 is 12.2 Å². The number of nitrogens with one attached hydrogen (secondary N) is 4. The van der Waals surface area contributed by atoms with E-state index in [4.69, 9.17) is 16.3 Å². The summed E-state index contributed by atoms with van der Waals surface area (Å²) in [5, 5.41) is 39.7. The number of fused-ring (bicyclic) bond motifs is 1. The zero-order valence-corrected chi connectivity index (χ0v) is 27.5. The van der Waals surface area contributed by atoms with Crippen molar-refractivity contribution in [2.45, 2.75) is 31.9 Å². The second-order valence-corrected chi connectivity index (χ2v) is 11.9. The van der Waals surface area contributed by atoms with Gasteiger partial charge in [0.05, 0.1) is 35.0 Å². The Bertz CT molecular complexity index is 2020. The summed E-state index contributed by atoms with van der Waals surface area (Å²) in [6.45, 7) is 0.849. The molecule has 0 bridgehead atoms. The fraction of sp³-hybridized carbons (Fsp3) is 0.216. The number of hydrogen-bond donors (Lipinski definition) is 7. The van der Waals surface area contributed by atoms with Gasteiger partial charge in [0, 0.05) is 42.2 Å². The highest BCUT2D eigenvalue weighted by atomic mass is 35.5. The third-order valence-corrected chi connectivity index (χ3v) is 8.43. The van der Waals surface area contributed by atoms with Crippen molar-refractivity contribution in [2.24, 2.45) is 0 Å². The summed E-state index contributed by atoms with van der Waals surface area (Å²) in [6.07, 6.45) is 0.0856. The molecule has 0 saturated carbocycles. The number of aryl methyl sites for hydroxylation is 1. The van der Waals surface area contributed by atoms with E-state index in [1.54, 1.807) is 24.3 Å². The van der Waals surface area contributed by atoms with Crippen molar-refractivity contribution in [1.29, 1.82) is 0 Å². The number of rotatable bonds is 14. The number of aliphatic hydroxyl groups excluding tert-OH is 1. The van der Waals surface area contributed by atoms with Gasteiger partial charge in [-0.2, -0.15) is 0 Å². The number of methoxy groups -OCH3 is 1. The first-order valence-electron chi connectivity index (χ1n) is 15.7. The van der Waals surface area contributed by atoms with Crippen LogP contribution in [-0.2, 0) is 13.0 Å². The SMILES string of the molecule is COc1cc(C(=O)NCCCCc2ccc(-c3ccccc3)c(NC(=O)O)c2)c(Cl)cc1CNCC(O)c1ccc(O)c2[nH]c(=O)ccc12. The number of H-pyrrole nitrogens is 1. The summed E-state index contributed by atoms with van der Waals surface area (Å²) in [5.41, 5.74) is 4.60. The van der Waals surface area contributed by atoms with Crippen LogP contribution in [-0.4, -0.2) is 52.5 Å². The first-order chi connectivity index (χ1) is 23.6. The van der Waals surface area contributed by atoms with E-state index in [9.17, 15) is 29.7 Å². The van der Waals surface area contributed by atoms with Crippen LogP contribution in [0.3, 0.4) is 0 Å². The lowest BCUT2D eigenvalue weighted by atomic mass is 9.99. The van der Waals surface area contributed by atoms with Crippen LogP contribution >= 0.6 is 11.6 Å². The molecule has 11 nitrogen and oxygen atoms in total. The number of benzene rings is 4. The highest BCUT2D eigenvalue weighted by molar-refractivity contribution is 6.34. The van der Waals surface area contributed by atoms with E-state index in [2.05, 4.69) is 20.9 Å². The summed E-state index contributed by atoms with van der Waals surface area (Å²) >= 11 is 6.52. The Morgan fingerprint density at radius 1 is 0.980 bits per heavy atom. The smallest absolute Gasteiger partial charge is 0.409 e. The number of ether oxygens (including phenoxy) is 1. The first-order valence-corrected chi connectivity index (χ1v) is 16.1. The van der Waals surface area contributed by atoms with Gasteiger partial charge in [0.25, 0.3) is 5.91 Å². The van der Waals surface area contributed by atoms with Gasteiger partial charge in [0.1, 0.15) is 11.5 Å². The third kappa shape index (κ3) is 8.76. The molecule has 7 N–H and O–H groups in total. The molecule has 0 spiro atoms. The number of amides is 2. The summed E-state index contributed by atoms with van der Waals surface area (Å²) in [7, 11) is 1.50. The molecule has 2 amide bonds. The molecule has 0 aliphatic carbocycles. The number of aromatic amines is 1. The Balaban J connectivity index is 1.13. The number of aromatic nitrogens is 1. The van der Waals surface area contributed by atoms with Crippen molar-refractivity contribution in [3.63, 3.8) is 0 Å². The van der Waals surface area contributed by atoms with Gasteiger partial charge >= 0.3 is 6.09 Å². The molecule has 5 aromatic rings. The lowest BCUT2D eigenvalue weighted by molar-refractivity contribution is 0.0952. The average molecular weight is 685 g/mol. The predicted molar refractivity (Wildman–Crippen MR) is 190 cm³/mol. The Labute approximate surface area is 287 Å².